The van der Waals surface area contributed by atoms with Crippen molar-refractivity contribution in [2.75, 3.05) is 0 Å². The molecule has 0 N–H and O–H groups in total. The molecular formula is C14H14BrFN2O. The number of aryl methyl sites for hydroxylation is 2. The van der Waals surface area contributed by atoms with Gasteiger partial charge in [-0.25, -0.2) is 4.39 Å². The van der Waals surface area contributed by atoms with Crippen LogP contribution in [0.15, 0.2) is 28.7 Å². The molecule has 0 aliphatic carbocycles. The van der Waals surface area contributed by atoms with Crippen LogP contribution in [-0.2, 0) is 19.9 Å². The van der Waals surface area contributed by atoms with E-state index in [1.165, 1.54) is 12.1 Å². The maximum absolute atomic E-state index is 13.3. The Hall–Kier alpha value is -1.49. The van der Waals surface area contributed by atoms with Crippen molar-refractivity contribution in [2.24, 2.45) is 7.05 Å². The van der Waals surface area contributed by atoms with Crippen LogP contribution >= 0.6 is 15.9 Å². The van der Waals surface area contributed by atoms with Gasteiger partial charge in [0, 0.05) is 17.9 Å². The fraction of sp³-hybridized carbons (Fsp3) is 0.286. The van der Waals surface area contributed by atoms with Gasteiger partial charge >= 0.3 is 0 Å². The molecule has 0 atom stereocenters. The largest absolute Gasteiger partial charge is 0.292 e. The van der Waals surface area contributed by atoms with E-state index in [9.17, 15) is 9.18 Å². The van der Waals surface area contributed by atoms with Crippen LogP contribution in [0, 0.1) is 5.82 Å². The number of Topliss-reactive ketones (excluding diaryl/α,β-unsaturated/α-hetero) is 1. The molecular weight excluding hydrogens is 311 g/mol. The van der Waals surface area contributed by atoms with E-state index >= 15 is 0 Å². The fourth-order valence-corrected chi connectivity index (χ4v) is 2.46. The molecule has 0 bridgehead atoms. The summed E-state index contributed by atoms with van der Waals surface area (Å²) >= 11 is 3.22. The van der Waals surface area contributed by atoms with Crippen LogP contribution in [0.2, 0.25) is 0 Å². The Morgan fingerprint density at radius 3 is 2.68 bits per heavy atom. The normalized spacial score (nSPS) is 10.7. The molecule has 0 spiro atoms. The van der Waals surface area contributed by atoms with Crippen molar-refractivity contribution in [2.45, 2.75) is 19.8 Å². The molecule has 3 nitrogen and oxygen atoms in total. The van der Waals surface area contributed by atoms with Gasteiger partial charge in [0.05, 0.1) is 5.69 Å². The van der Waals surface area contributed by atoms with Gasteiger partial charge in [-0.1, -0.05) is 22.9 Å². The molecule has 0 aliphatic heterocycles. The predicted octanol–water partition coefficient (Wildman–Crippen LogP) is 3.31. The first-order chi connectivity index (χ1) is 8.99. The highest BCUT2D eigenvalue weighted by atomic mass is 79.9. The lowest BCUT2D eigenvalue weighted by atomic mass is 10.1. The third-order valence-electron chi connectivity index (χ3n) is 2.87. The number of carbonyl (C=O) groups is 1. The minimum Gasteiger partial charge on any atom is -0.292 e. The summed E-state index contributed by atoms with van der Waals surface area (Å²) in [6.45, 7) is 1.99. The summed E-state index contributed by atoms with van der Waals surface area (Å²) in [5, 5.41) is 4.24. The van der Waals surface area contributed by atoms with Gasteiger partial charge in [-0.2, -0.15) is 5.10 Å². The quantitative estimate of drug-likeness (QED) is 0.809. The summed E-state index contributed by atoms with van der Waals surface area (Å²) in [5.41, 5.74) is 2.08. The Bertz CT molecular complexity index is 602. The maximum atomic E-state index is 13.3. The topological polar surface area (TPSA) is 34.9 Å². The molecule has 0 saturated carbocycles. The standard InChI is InChI=1S/C14H14BrFN2O/c1-3-12-8-13(18(2)17-12)14(19)6-9-4-10(15)7-11(16)5-9/h4-5,7-8H,3,6H2,1-2H3. The van der Waals surface area contributed by atoms with Crippen LogP contribution in [0.5, 0.6) is 0 Å². The van der Waals surface area contributed by atoms with E-state index in [0.717, 1.165) is 12.1 Å². The maximum Gasteiger partial charge on any atom is 0.185 e. The molecule has 0 radical (unpaired) electrons. The second-order valence-corrected chi connectivity index (χ2v) is 5.29. The lowest BCUT2D eigenvalue weighted by molar-refractivity contribution is 0.0984. The lowest BCUT2D eigenvalue weighted by Gasteiger charge is -2.03. The molecule has 0 saturated heterocycles. The summed E-state index contributed by atoms with van der Waals surface area (Å²) < 4.78 is 15.5. The van der Waals surface area contributed by atoms with E-state index in [2.05, 4.69) is 21.0 Å². The van der Waals surface area contributed by atoms with Crippen LogP contribution in [0.4, 0.5) is 4.39 Å². The van der Waals surface area contributed by atoms with Crippen molar-refractivity contribution in [3.8, 4) is 0 Å². The molecule has 0 fully saturated rings. The number of hydrogen-bond donors (Lipinski definition) is 0. The van der Waals surface area contributed by atoms with Crippen molar-refractivity contribution in [1.82, 2.24) is 9.78 Å². The summed E-state index contributed by atoms with van der Waals surface area (Å²) in [6.07, 6.45) is 0.950. The van der Waals surface area contributed by atoms with Crippen LogP contribution < -0.4 is 0 Å². The highest BCUT2D eigenvalue weighted by Gasteiger charge is 2.14. The van der Waals surface area contributed by atoms with E-state index in [1.54, 1.807) is 23.9 Å². The number of benzene rings is 1. The predicted molar refractivity (Wildman–Crippen MR) is 74.7 cm³/mol. The van der Waals surface area contributed by atoms with Gasteiger partial charge in [0.15, 0.2) is 5.78 Å². The fourth-order valence-electron chi connectivity index (χ4n) is 1.95. The number of carbonyl (C=O) groups excluding carboxylic acids is 1. The number of aromatic nitrogens is 2. The van der Waals surface area contributed by atoms with Gasteiger partial charge in [-0.3, -0.25) is 9.48 Å². The molecule has 2 aromatic rings. The zero-order valence-corrected chi connectivity index (χ0v) is 12.4. The number of nitrogens with zero attached hydrogens (tertiary/aromatic N) is 2. The summed E-state index contributed by atoms with van der Waals surface area (Å²) in [4.78, 5) is 12.2. The minimum absolute atomic E-state index is 0.0628. The van der Waals surface area contributed by atoms with E-state index in [0.29, 0.717) is 15.7 Å². The van der Waals surface area contributed by atoms with Gasteiger partial charge in [0.25, 0.3) is 0 Å². The average molecular weight is 325 g/mol. The Morgan fingerprint density at radius 2 is 2.11 bits per heavy atom. The zero-order valence-electron chi connectivity index (χ0n) is 10.8. The molecule has 1 aromatic heterocycles. The van der Waals surface area contributed by atoms with Crippen molar-refractivity contribution in [3.63, 3.8) is 0 Å². The first kappa shape index (κ1) is 13.9. The molecule has 5 heteroatoms. The molecule has 19 heavy (non-hydrogen) atoms. The Balaban J connectivity index is 2.22. The van der Waals surface area contributed by atoms with Crippen LogP contribution in [-0.4, -0.2) is 15.6 Å². The summed E-state index contributed by atoms with van der Waals surface area (Å²) in [5.74, 6) is -0.413. The van der Waals surface area contributed by atoms with E-state index in [1.807, 2.05) is 6.92 Å². The van der Waals surface area contributed by atoms with Crippen molar-refractivity contribution in [3.05, 3.63) is 51.5 Å². The van der Waals surface area contributed by atoms with E-state index in [-0.39, 0.29) is 18.0 Å². The Labute approximate surface area is 119 Å². The highest BCUT2D eigenvalue weighted by Crippen LogP contribution is 2.17. The molecule has 0 unspecified atom stereocenters. The number of ketones is 1. The van der Waals surface area contributed by atoms with E-state index in [4.69, 9.17) is 0 Å². The van der Waals surface area contributed by atoms with Gasteiger partial charge in [0.2, 0.25) is 0 Å². The monoisotopic (exact) mass is 324 g/mol. The third-order valence-corrected chi connectivity index (χ3v) is 3.32. The smallest absolute Gasteiger partial charge is 0.185 e. The zero-order chi connectivity index (χ0) is 14.0. The lowest BCUT2D eigenvalue weighted by Crippen LogP contribution is -2.09. The van der Waals surface area contributed by atoms with E-state index < -0.39 is 0 Å². The summed E-state index contributed by atoms with van der Waals surface area (Å²) in [6, 6.07) is 6.28. The molecule has 100 valence electrons. The van der Waals surface area contributed by atoms with Crippen LogP contribution in [0.3, 0.4) is 0 Å². The Kier molecular flexibility index (Phi) is 4.14. The number of hydrogen-bond acceptors (Lipinski definition) is 2. The van der Waals surface area contributed by atoms with Gasteiger partial charge in [-0.05, 0) is 36.2 Å². The van der Waals surface area contributed by atoms with Crippen molar-refractivity contribution < 1.29 is 9.18 Å². The molecule has 2 rings (SSSR count). The van der Waals surface area contributed by atoms with Gasteiger partial charge in [0.1, 0.15) is 11.5 Å². The summed E-state index contributed by atoms with van der Waals surface area (Å²) in [7, 11) is 1.74. The third kappa shape index (κ3) is 3.29. The number of halogens is 2. The van der Waals surface area contributed by atoms with Crippen molar-refractivity contribution in [1.29, 1.82) is 0 Å². The molecule has 1 heterocycles. The average Bonchev–Trinajstić information content (AvgIpc) is 2.69. The molecule has 0 amide bonds. The van der Waals surface area contributed by atoms with Gasteiger partial charge < -0.3 is 0 Å². The second-order valence-electron chi connectivity index (χ2n) is 4.38. The van der Waals surface area contributed by atoms with Crippen LogP contribution in [0.25, 0.3) is 0 Å². The second kappa shape index (κ2) is 5.65. The van der Waals surface area contributed by atoms with Crippen LogP contribution in [0.1, 0.15) is 28.7 Å². The minimum atomic E-state index is -0.351. The number of rotatable bonds is 4. The highest BCUT2D eigenvalue weighted by molar-refractivity contribution is 9.10. The Morgan fingerprint density at radius 1 is 1.37 bits per heavy atom. The first-order valence-electron chi connectivity index (χ1n) is 6.00. The van der Waals surface area contributed by atoms with Crippen molar-refractivity contribution >= 4 is 21.7 Å². The van der Waals surface area contributed by atoms with Gasteiger partial charge in [-0.15, -0.1) is 0 Å². The SMILES string of the molecule is CCc1cc(C(=O)Cc2cc(F)cc(Br)c2)n(C)n1. The first-order valence-corrected chi connectivity index (χ1v) is 6.80. The molecule has 0 aliphatic rings. The molecule has 1 aromatic carbocycles.